The molecule has 2 aliphatic rings. The van der Waals surface area contributed by atoms with Crippen molar-refractivity contribution in [1.82, 2.24) is 9.80 Å². The number of carbonyl (C=O) groups excluding carboxylic acids is 1. The standard InChI is InChI=1S/C25H32BrN5O2/c1-33-24(32)17-31-11-10-22(16-23(31)18-2-6-20(26)7-3-18)30-14-12-29(13-15-30)21-8-4-19(5-9-21)25(27)28/h2-9,22-23H,10-17H2,1H3,(H3,27,28). The number of benzene rings is 2. The van der Waals surface area contributed by atoms with Gasteiger partial charge in [0.25, 0.3) is 0 Å². The van der Waals surface area contributed by atoms with Crippen LogP contribution in [0.3, 0.4) is 0 Å². The average Bonchev–Trinajstić information content (AvgIpc) is 2.85. The van der Waals surface area contributed by atoms with E-state index in [1.807, 2.05) is 12.1 Å². The number of halogens is 1. The number of amidine groups is 1. The molecule has 2 aromatic rings. The first-order valence-corrected chi connectivity index (χ1v) is 12.2. The molecule has 0 saturated carbocycles. The lowest BCUT2D eigenvalue weighted by atomic mass is 9.90. The number of nitrogens with one attached hydrogen (secondary N) is 1. The molecule has 4 rings (SSSR count). The zero-order chi connectivity index (χ0) is 23.4. The topological polar surface area (TPSA) is 85.9 Å². The van der Waals surface area contributed by atoms with Crippen LogP contribution in [-0.2, 0) is 9.53 Å². The maximum atomic E-state index is 12.0. The third kappa shape index (κ3) is 5.75. The number of piperidine rings is 1. The fourth-order valence-corrected chi connectivity index (χ4v) is 5.24. The number of carbonyl (C=O) groups is 1. The molecule has 7 nitrogen and oxygen atoms in total. The second kappa shape index (κ2) is 10.7. The van der Waals surface area contributed by atoms with Crippen molar-refractivity contribution in [2.45, 2.75) is 24.9 Å². The Labute approximate surface area is 204 Å². The highest BCUT2D eigenvalue weighted by molar-refractivity contribution is 9.10. The largest absolute Gasteiger partial charge is 0.468 e. The lowest BCUT2D eigenvalue weighted by Gasteiger charge is -2.46. The summed E-state index contributed by atoms with van der Waals surface area (Å²) in [4.78, 5) is 19.3. The predicted octanol–water partition coefficient (Wildman–Crippen LogP) is 3.23. The molecule has 3 N–H and O–H groups in total. The van der Waals surface area contributed by atoms with Crippen molar-refractivity contribution in [1.29, 1.82) is 5.41 Å². The van der Waals surface area contributed by atoms with Crippen molar-refractivity contribution < 1.29 is 9.53 Å². The molecule has 2 unspecified atom stereocenters. The monoisotopic (exact) mass is 513 g/mol. The van der Waals surface area contributed by atoms with Crippen LogP contribution in [0.15, 0.2) is 53.0 Å². The lowest BCUT2D eigenvalue weighted by molar-refractivity contribution is -0.143. The van der Waals surface area contributed by atoms with Gasteiger partial charge in [-0.1, -0.05) is 28.1 Å². The maximum Gasteiger partial charge on any atom is 0.319 e. The number of ether oxygens (including phenoxy) is 1. The van der Waals surface area contributed by atoms with E-state index in [4.69, 9.17) is 15.9 Å². The Morgan fingerprint density at radius 1 is 1.06 bits per heavy atom. The highest BCUT2D eigenvalue weighted by Gasteiger charge is 2.34. The number of methoxy groups -OCH3 is 1. The average molecular weight is 514 g/mol. The number of rotatable bonds is 6. The molecular formula is C25H32BrN5O2. The minimum atomic E-state index is -0.181. The molecule has 33 heavy (non-hydrogen) atoms. The summed E-state index contributed by atoms with van der Waals surface area (Å²) >= 11 is 3.53. The highest BCUT2D eigenvalue weighted by atomic mass is 79.9. The molecule has 0 aliphatic carbocycles. The number of anilines is 1. The van der Waals surface area contributed by atoms with E-state index < -0.39 is 0 Å². The normalized spacial score (nSPS) is 22.2. The van der Waals surface area contributed by atoms with Crippen molar-refractivity contribution in [2.24, 2.45) is 5.73 Å². The fourth-order valence-electron chi connectivity index (χ4n) is 4.98. The number of nitrogens with zero attached hydrogens (tertiary/aromatic N) is 3. The molecule has 2 atom stereocenters. The zero-order valence-corrected chi connectivity index (χ0v) is 20.6. The van der Waals surface area contributed by atoms with E-state index in [0.29, 0.717) is 12.6 Å². The summed E-state index contributed by atoms with van der Waals surface area (Å²) < 4.78 is 6.01. The van der Waals surface area contributed by atoms with Gasteiger partial charge in [-0.05, 0) is 54.8 Å². The Morgan fingerprint density at radius 3 is 2.33 bits per heavy atom. The minimum absolute atomic E-state index is 0.102. The first kappa shape index (κ1) is 23.7. The van der Waals surface area contributed by atoms with Gasteiger partial charge >= 0.3 is 5.97 Å². The summed E-state index contributed by atoms with van der Waals surface area (Å²) in [5.41, 5.74) is 8.77. The van der Waals surface area contributed by atoms with Gasteiger partial charge in [0.1, 0.15) is 5.84 Å². The Balaban J connectivity index is 1.40. The first-order valence-electron chi connectivity index (χ1n) is 11.4. The van der Waals surface area contributed by atoms with E-state index >= 15 is 0 Å². The van der Waals surface area contributed by atoms with Crippen LogP contribution in [0.5, 0.6) is 0 Å². The van der Waals surface area contributed by atoms with Crippen LogP contribution in [0.25, 0.3) is 0 Å². The lowest BCUT2D eigenvalue weighted by Crippen LogP contribution is -2.54. The SMILES string of the molecule is COC(=O)CN1CCC(N2CCN(c3ccc(C(=N)N)cc3)CC2)CC1c1ccc(Br)cc1. The smallest absolute Gasteiger partial charge is 0.319 e. The number of nitrogens with two attached hydrogens (primary N) is 1. The Bertz CT molecular complexity index is 958. The van der Waals surface area contributed by atoms with Crippen molar-refractivity contribution >= 4 is 33.4 Å². The number of hydrogen-bond acceptors (Lipinski definition) is 6. The molecule has 0 bridgehead atoms. The molecule has 2 fully saturated rings. The van der Waals surface area contributed by atoms with Crippen LogP contribution >= 0.6 is 15.9 Å². The van der Waals surface area contributed by atoms with Gasteiger partial charge in [-0.3, -0.25) is 20.0 Å². The summed E-state index contributed by atoms with van der Waals surface area (Å²) in [6, 6.07) is 17.1. The number of nitrogen functional groups attached to an aromatic ring is 1. The zero-order valence-electron chi connectivity index (χ0n) is 19.0. The van der Waals surface area contributed by atoms with E-state index in [9.17, 15) is 4.79 Å². The van der Waals surface area contributed by atoms with Crippen LogP contribution < -0.4 is 10.6 Å². The predicted molar refractivity (Wildman–Crippen MR) is 135 cm³/mol. The summed E-state index contributed by atoms with van der Waals surface area (Å²) in [6.07, 6.45) is 2.06. The van der Waals surface area contributed by atoms with Gasteiger partial charge in [0.05, 0.1) is 13.7 Å². The Morgan fingerprint density at radius 2 is 1.73 bits per heavy atom. The van der Waals surface area contributed by atoms with Crippen molar-refractivity contribution in [3.05, 3.63) is 64.1 Å². The van der Waals surface area contributed by atoms with Crippen molar-refractivity contribution in [3.8, 4) is 0 Å². The van der Waals surface area contributed by atoms with Gasteiger partial charge in [0, 0.05) is 60.5 Å². The van der Waals surface area contributed by atoms with E-state index in [1.54, 1.807) is 0 Å². The maximum absolute atomic E-state index is 12.0. The van der Waals surface area contributed by atoms with Gasteiger partial charge in [-0.15, -0.1) is 0 Å². The molecule has 2 aromatic carbocycles. The number of hydrogen-bond donors (Lipinski definition) is 2. The van der Waals surface area contributed by atoms with Crippen LogP contribution in [0, 0.1) is 5.41 Å². The molecular weight excluding hydrogens is 482 g/mol. The summed E-state index contributed by atoms with van der Waals surface area (Å²) in [6.45, 7) is 5.20. The summed E-state index contributed by atoms with van der Waals surface area (Å²) in [5, 5.41) is 7.57. The van der Waals surface area contributed by atoms with Crippen molar-refractivity contribution in [2.75, 3.05) is 51.3 Å². The summed E-state index contributed by atoms with van der Waals surface area (Å²) in [7, 11) is 1.46. The highest BCUT2D eigenvalue weighted by Crippen LogP contribution is 2.34. The molecule has 2 saturated heterocycles. The fraction of sp³-hybridized carbons (Fsp3) is 0.440. The van der Waals surface area contributed by atoms with E-state index in [1.165, 1.54) is 18.4 Å². The van der Waals surface area contributed by atoms with Gasteiger partial charge in [0.15, 0.2) is 0 Å². The molecule has 0 aromatic heterocycles. The van der Waals surface area contributed by atoms with Crippen LogP contribution in [0.4, 0.5) is 5.69 Å². The van der Waals surface area contributed by atoms with Crippen LogP contribution in [0.2, 0.25) is 0 Å². The molecule has 176 valence electrons. The van der Waals surface area contributed by atoms with E-state index in [0.717, 1.165) is 55.6 Å². The van der Waals surface area contributed by atoms with Gasteiger partial charge in [-0.2, -0.15) is 0 Å². The molecule has 2 aliphatic heterocycles. The second-order valence-electron chi connectivity index (χ2n) is 8.78. The van der Waals surface area contributed by atoms with Gasteiger partial charge in [-0.25, -0.2) is 0 Å². The third-order valence-corrected chi connectivity index (χ3v) is 7.40. The molecule has 2 heterocycles. The Hall–Kier alpha value is -2.42. The van der Waals surface area contributed by atoms with Crippen LogP contribution in [0.1, 0.15) is 30.0 Å². The molecule has 8 heteroatoms. The van der Waals surface area contributed by atoms with Gasteiger partial charge in [0.2, 0.25) is 0 Å². The molecule has 0 amide bonds. The van der Waals surface area contributed by atoms with Gasteiger partial charge < -0.3 is 15.4 Å². The minimum Gasteiger partial charge on any atom is -0.468 e. The second-order valence-corrected chi connectivity index (χ2v) is 9.69. The number of piperazine rings is 1. The first-order chi connectivity index (χ1) is 15.9. The number of esters is 1. The quantitative estimate of drug-likeness (QED) is 0.350. The van der Waals surface area contributed by atoms with Crippen molar-refractivity contribution in [3.63, 3.8) is 0 Å². The third-order valence-electron chi connectivity index (χ3n) is 6.87. The Kier molecular flexibility index (Phi) is 7.67. The number of likely N-dealkylation sites (tertiary alicyclic amines) is 1. The summed E-state index contributed by atoms with van der Waals surface area (Å²) in [5.74, 6) is -0.0785. The van der Waals surface area contributed by atoms with E-state index in [-0.39, 0.29) is 17.8 Å². The molecule has 0 radical (unpaired) electrons. The van der Waals surface area contributed by atoms with E-state index in [2.05, 4.69) is 67.0 Å². The molecule has 0 spiro atoms. The van der Waals surface area contributed by atoms with Crippen LogP contribution in [-0.4, -0.2) is 74.0 Å².